The summed E-state index contributed by atoms with van der Waals surface area (Å²) in [6.07, 6.45) is 12.7. The maximum atomic E-state index is 12.1. The summed E-state index contributed by atoms with van der Waals surface area (Å²) >= 11 is 0. The molecule has 2 N–H and O–H groups in total. The van der Waals surface area contributed by atoms with Crippen LogP contribution in [-0.2, 0) is 4.79 Å². The van der Waals surface area contributed by atoms with Crippen molar-refractivity contribution in [2.45, 2.75) is 98.0 Å². The first-order valence-electron chi connectivity index (χ1n) is 12.7. The van der Waals surface area contributed by atoms with Crippen LogP contribution in [-0.4, -0.2) is 28.7 Å². The van der Waals surface area contributed by atoms with Crippen molar-refractivity contribution in [3.8, 4) is 0 Å². The summed E-state index contributed by atoms with van der Waals surface area (Å²) in [6, 6.07) is 0. The number of aliphatic hydroxyl groups excluding tert-OH is 2. The first-order valence-corrected chi connectivity index (χ1v) is 12.7. The number of hydrogen-bond donors (Lipinski definition) is 2. The number of carbonyl (C=O) groups excluding carboxylic acids is 1. The summed E-state index contributed by atoms with van der Waals surface area (Å²) in [5.74, 6) is 3.75. The number of aliphatic hydroxyl groups is 2. The van der Waals surface area contributed by atoms with E-state index in [0.29, 0.717) is 42.1 Å². The van der Waals surface area contributed by atoms with E-state index in [1.54, 1.807) is 0 Å². The van der Waals surface area contributed by atoms with Crippen molar-refractivity contribution in [1.29, 1.82) is 0 Å². The topological polar surface area (TPSA) is 57.5 Å². The van der Waals surface area contributed by atoms with Gasteiger partial charge < -0.3 is 10.2 Å². The van der Waals surface area contributed by atoms with Crippen molar-refractivity contribution >= 4 is 5.78 Å². The molecule has 3 saturated carbocycles. The molecule has 0 radical (unpaired) electrons. The standard InChI is InChI=1S/C27H44O3/c1-17(16-28)6-5-7-18(2)21-8-9-22-25-23(11-13-27(21,22)4)26(3)12-10-20(29)14-19(26)15-24(25)30/h14,17-18,21-25,28,30H,5-13,15-16H2,1-4H3/t17?,18?,21?,22?,23?,24?,25?,26-,27+/m0/s1. The molecule has 3 nitrogen and oxygen atoms in total. The van der Waals surface area contributed by atoms with Crippen LogP contribution in [0.5, 0.6) is 0 Å². The number of carbonyl (C=O) groups is 1. The van der Waals surface area contributed by atoms with Crippen molar-refractivity contribution in [3.63, 3.8) is 0 Å². The molecule has 0 aromatic rings. The van der Waals surface area contributed by atoms with Crippen LogP contribution in [0.25, 0.3) is 0 Å². The Labute approximate surface area is 183 Å². The Kier molecular flexibility index (Phi) is 6.27. The van der Waals surface area contributed by atoms with Gasteiger partial charge in [0.15, 0.2) is 5.78 Å². The summed E-state index contributed by atoms with van der Waals surface area (Å²) in [6.45, 7) is 9.85. The van der Waals surface area contributed by atoms with Gasteiger partial charge in [0.25, 0.3) is 0 Å². The second-order valence-electron chi connectivity index (χ2n) is 12.0. The van der Waals surface area contributed by atoms with E-state index < -0.39 is 0 Å². The third-order valence-corrected chi connectivity index (χ3v) is 10.4. The monoisotopic (exact) mass is 416 g/mol. The molecule has 0 heterocycles. The van der Waals surface area contributed by atoms with Crippen LogP contribution < -0.4 is 0 Å². The van der Waals surface area contributed by atoms with E-state index in [-0.39, 0.29) is 17.3 Å². The molecule has 0 bridgehead atoms. The molecular weight excluding hydrogens is 372 g/mol. The molecule has 0 aromatic carbocycles. The van der Waals surface area contributed by atoms with Crippen molar-refractivity contribution < 1.29 is 15.0 Å². The molecule has 3 fully saturated rings. The van der Waals surface area contributed by atoms with Gasteiger partial charge in [0.2, 0.25) is 0 Å². The van der Waals surface area contributed by atoms with Gasteiger partial charge in [-0.25, -0.2) is 0 Å². The van der Waals surface area contributed by atoms with Crippen molar-refractivity contribution in [3.05, 3.63) is 11.6 Å². The Balaban J connectivity index is 1.50. The zero-order chi connectivity index (χ0) is 21.7. The van der Waals surface area contributed by atoms with Gasteiger partial charge in [0, 0.05) is 13.0 Å². The Morgan fingerprint density at radius 3 is 2.60 bits per heavy atom. The molecular formula is C27H44O3. The highest BCUT2D eigenvalue weighted by molar-refractivity contribution is 5.91. The van der Waals surface area contributed by atoms with E-state index in [4.69, 9.17) is 0 Å². The van der Waals surface area contributed by atoms with Gasteiger partial charge in [-0.15, -0.1) is 0 Å². The summed E-state index contributed by atoms with van der Waals surface area (Å²) in [5, 5.41) is 20.6. The number of fused-ring (bicyclic) bond motifs is 5. The summed E-state index contributed by atoms with van der Waals surface area (Å²) in [4.78, 5) is 12.1. The van der Waals surface area contributed by atoms with E-state index in [1.165, 1.54) is 44.1 Å². The Hall–Kier alpha value is -0.670. The summed E-state index contributed by atoms with van der Waals surface area (Å²) in [5.41, 5.74) is 1.73. The summed E-state index contributed by atoms with van der Waals surface area (Å²) in [7, 11) is 0. The number of rotatable bonds is 6. The zero-order valence-electron chi connectivity index (χ0n) is 19.7. The van der Waals surface area contributed by atoms with Crippen LogP contribution in [0.4, 0.5) is 0 Å². The largest absolute Gasteiger partial charge is 0.396 e. The third kappa shape index (κ3) is 3.62. The van der Waals surface area contributed by atoms with E-state index in [0.717, 1.165) is 31.1 Å². The predicted molar refractivity (Wildman–Crippen MR) is 121 cm³/mol. The number of hydrogen-bond acceptors (Lipinski definition) is 3. The highest BCUT2D eigenvalue weighted by Gasteiger charge is 2.61. The van der Waals surface area contributed by atoms with E-state index >= 15 is 0 Å². The van der Waals surface area contributed by atoms with Crippen LogP contribution in [0.15, 0.2) is 11.6 Å². The van der Waals surface area contributed by atoms with Gasteiger partial charge in [0.1, 0.15) is 0 Å². The molecule has 4 aliphatic rings. The molecule has 7 unspecified atom stereocenters. The minimum absolute atomic E-state index is 0.128. The average molecular weight is 417 g/mol. The molecule has 0 spiro atoms. The normalized spacial score (nSPS) is 45.2. The van der Waals surface area contributed by atoms with Crippen LogP contribution in [0.3, 0.4) is 0 Å². The van der Waals surface area contributed by atoms with Gasteiger partial charge in [-0.05, 0) is 97.4 Å². The lowest BCUT2D eigenvalue weighted by molar-refractivity contribution is -0.124. The van der Waals surface area contributed by atoms with Crippen LogP contribution >= 0.6 is 0 Å². The SMILES string of the molecule is CC(CO)CCCC(C)C1CCC2C3C(O)CC4=CC(=O)CC[C@]4(C)C3CC[C@]12C. The molecule has 9 atom stereocenters. The quantitative estimate of drug-likeness (QED) is 0.598. The molecule has 30 heavy (non-hydrogen) atoms. The fraction of sp³-hybridized carbons (Fsp3) is 0.889. The second kappa shape index (κ2) is 8.35. The Morgan fingerprint density at radius 2 is 1.87 bits per heavy atom. The molecule has 170 valence electrons. The molecule has 0 aromatic heterocycles. The van der Waals surface area contributed by atoms with Crippen molar-refractivity contribution in [2.24, 2.45) is 46.3 Å². The lowest BCUT2D eigenvalue weighted by Gasteiger charge is -2.60. The fourth-order valence-corrected chi connectivity index (χ4v) is 8.58. The van der Waals surface area contributed by atoms with Gasteiger partial charge in [-0.3, -0.25) is 4.79 Å². The van der Waals surface area contributed by atoms with E-state index in [2.05, 4.69) is 27.7 Å². The first kappa shape index (κ1) is 22.5. The van der Waals surface area contributed by atoms with Crippen molar-refractivity contribution in [2.75, 3.05) is 6.61 Å². The smallest absolute Gasteiger partial charge is 0.155 e. The molecule has 3 heteroatoms. The highest BCUT2D eigenvalue weighted by atomic mass is 16.3. The van der Waals surface area contributed by atoms with Crippen LogP contribution in [0.2, 0.25) is 0 Å². The van der Waals surface area contributed by atoms with Crippen LogP contribution in [0, 0.1) is 46.3 Å². The van der Waals surface area contributed by atoms with E-state index in [1.807, 2.05) is 6.08 Å². The highest BCUT2D eigenvalue weighted by Crippen LogP contribution is 2.67. The molecule has 0 saturated heterocycles. The van der Waals surface area contributed by atoms with Gasteiger partial charge >= 0.3 is 0 Å². The Morgan fingerprint density at radius 1 is 1.10 bits per heavy atom. The maximum Gasteiger partial charge on any atom is 0.155 e. The molecule has 0 aliphatic heterocycles. The fourth-order valence-electron chi connectivity index (χ4n) is 8.58. The van der Waals surface area contributed by atoms with Gasteiger partial charge in [-0.1, -0.05) is 46.1 Å². The lowest BCUT2D eigenvalue weighted by atomic mass is 9.45. The summed E-state index contributed by atoms with van der Waals surface area (Å²) < 4.78 is 0. The average Bonchev–Trinajstić information content (AvgIpc) is 3.06. The van der Waals surface area contributed by atoms with Crippen molar-refractivity contribution in [1.82, 2.24) is 0 Å². The molecule has 0 amide bonds. The minimum Gasteiger partial charge on any atom is -0.396 e. The van der Waals surface area contributed by atoms with Crippen LogP contribution in [0.1, 0.15) is 91.9 Å². The lowest BCUT2D eigenvalue weighted by Crippen LogP contribution is -2.55. The third-order valence-electron chi connectivity index (χ3n) is 10.4. The minimum atomic E-state index is -0.274. The van der Waals surface area contributed by atoms with Gasteiger partial charge in [0.05, 0.1) is 6.10 Å². The second-order valence-corrected chi connectivity index (χ2v) is 12.0. The van der Waals surface area contributed by atoms with Gasteiger partial charge in [-0.2, -0.15) is 0 Å². The number of ketones is 1. The molecule has 4 aliphatic carbocycles. The van der Waals surface area contributed by atoms with E-state index in [9.17, 15) is 15.0 Å². The predicted octanol–water partition coefficient (Wildman–Crippen LogP) is 5.54. The Bertz CT molecular complexity index is 684. The maximum absolute atomic E-state index is 12.1. The first-order chi connectivity index (χ1) is 14.2. The molecule has 4 rings (SSSR count). The zero-order valence-corrected chi connectivity index (χ0v) is 19.7.